The van der Waals surface area contributed by atoms with Crippen molar-refractivity contribution in [2.45, 2.75) is 6.18 Å². The number of nitro groups is 1. The molecular formula is C9H3ClF3N3O3. The SMILES string of the molecule is O=c1[nH]c2nc(C(F)(F)F)ccc2c(Cl)c1[N+](=O)[O-]. The van der Waals surface area contributed by atoms with Crippen molar-refractivity contribution in [3.05, 3.63) is 43.3 Å². The van der Waals surface area contributed by atoms with Crippen molar-refractivity contribution in [3.63, 3.8) is 0 Å². The molecule has 10 heteroatoms. The molecule has 0 fully saturated rings. The summed E-state index contributed by atoms with van der Waals surface area (Å²) in [5, 5.41) is 9.92. The van der Waals surface area contributed by atoms with Crippen LogP contribution in [0.1, 0.15) is 5.69 Å². The van der Waals surface area contributed by atoms with E-state index in [2.05, 4.69) is 4.98 Å². The molecule has 100 valence electrons. The van der Waals surface area contributed by atoms with Crippen molar-refractivity contribution in [3.8, 4) is 0 Å². The van der Waals surface area contributed by atoms with E-state index in [-0.39, 0.29) is 5.39 Å². The van der Waals surface area contributed by atoms with Crippen molar-refractivity contribution < 1.29 is 18.1 Å². The molecule has 0 bridgehead atoms. The Labute approximate surface area is 107 Å². The van der Waals surface area contributed by atoms with Crippen molar-refractivity contribution in [2.75, 3.05) is 0 Å². The molecule has 0 radical (unpaired) electrons. The van der Waals surface area contributed by atoms with Gasteiger partial charge in [0.2, 0.25) is 0 Å². The topological polar surface area (TPSA) is 88.9 Å². The monoisotopic (exact) mass is 293 g/mol. The van der Waals surface area contributed by atoms with E-state index in [0.29, 0.717) is 6.07 Å². The average molecular weight is 294 g/mol. The second kappa shape index (κ2) is 4.19. The first-order valence-corrected chi connectivity index (χ1v) is 5.03. The Hall–Kier alpha value is -2.16. The summed E-state index contributed by atoms with van der Waals surface area (Å²) in [6.45, 7) is 0. The Morgan fingerprint density at radius 1 is 1.37 bits per heavy atom. The first-order chi connectivity index (χ1) is 8.71. The van der Waals surface area contributed by atoms with Gasteiger partial charge < -0.3 is 4.98 Å². The Morgan fingerprint density at radius 2 is 2.00 bits per heavy atom. The van der Waals surface area contributed by atoms with Crippen molar-refractivity contribution in [2.24, 2.45) is 0 Å². The van der Waals surface area contributed by atoms with E-state index in [1.165, 1.54) is 0 Å². The minimum atomic E-state index is -4.70. The lowest BCUT2D eigenvalue weighted by Gasteiger charge is -2.07. The maximum Gasteiger partial charge on any atom is 0.433 e. The second-order valence-electron chi connectivity index (χ2n) is 3.46. The highest BCUT2D eigenvalue weighted by Gasteiger charge is 2.33. The number of H-pyrrole nitrogens is 1. The molecule has 2 rings (SSSR count). The highest BCUT2D eigenvalue weighted by Crippen LogP contribution is 2.32. The van der Waals surface area contributed by atoms with Crippen LogP contribution in [0.2, 0.25) is 5.02 Å². The van der Waals surface area contributed by atoms with Gasteiger partial charge in [0, 0.05) is 5.39 Å². The number of nitrogens with one attached hydrogen (secondary N) is 1. The van der Waals surface area contributed by atoms with Gasteiger partial charge in [0.15, 0.2) is 0 Å². The van der Waals surface area contributed by atoms with Crippen LogP contribution in [0.3, 0.4) is 0 Å². The number of pyridine rings is 2. The zero-order valence-electron chi connectivity index (χ0n) is 8.79. The zero-order valence-corrected chi connectivity index (χ0v) is 9.54. The lowest BCUT2D eigenvalue weighted by molar-refractivity contribution is -0.386. The number of alkyl halides is 3. The van der Waals surface area contributed by atoms with Crippen LogP contribution in [0.15, 0.2) is 16.9 Å². The summed E-state index contributed by atoms with van der Waals surface area (Å²) >= 11 is 5.63. The van der Waals surface area contributed by atoms with Gasteiger partial charge in [0.1, 0.15) is 16.4 Å². The van der Waals surface area contributed by atoms with Gasteiger partial charge in [-0.15, -0.1) is 0 Å². The summed E-state index contributed by atoms with van der Waals surface area (Å²) in [6.07, 6.45) is -4.70. The molecule has 6 nitrogen and oxygen atoms in total. The smallest absolute Gasteiger partial charge is 0.301 e. The van der Waals surface area contributed by atoms with E-state index in [4.69, 9.17) is 11.6 Å². The highest BCUT2D eigenvalue weighted by molar-refractivity contribution is 6.37. The Kier molecular flexibility index (Phi) is 2.93. The number of halogens is 4. The molecule has 0 saturated carbocycles. The molecule has 0 atom stereocenters. The summed E-state index contributed by atoms with van der Waals surface area (Å²) in [4.78, 5) is 26.0. The summed E-state index contributed by atoms with van der Waals surface area (Å²) in [6, 6.07) is 1.53. The van der Waals surface area contributed by atoms with Gasteiger partial charge in [-0.05, 0) is 12.1 Å². The van der Waals surface area contributed by atoms with Crippen LogP contribution in [0.5, 0.6) is 0 Å². The van der Waals surface area contributed by atoms with E-state index in [1.54, 1.807) is 0 Å². The largest absolute Gasteiger partial charge is 0.433 e. The number of fused-ring (bicyclic) bond motifs is 1. The van der Waals surface area contributed by atoms with Crippen LogP contribution in [0, 0.1) is 10.1 Å². The third-order valence-corrected chi connectivity index (χ3v) is 2.64. The highest BCUT2D eigenvalue weighted by atomic mass is 35.5. The minimum absolute atomic E-state index is 0.138. The molecule has 0 spiro atoms. The molecule has 0 aliphatic heterocycles. The predicted octanol–water partition coefficient (Wildman–Crippen LogP) is 2.50. The molecule has 0 saturated heterocycles. The predicted molar refractivity (Wildman–Crippen MR) is 59.0 cm³/mol. The summed E-state index contributed by atoms with van der Waals surface area (Å²) in [5.41, 5.74) is -3.85. The van der Waals surface area contributed by atoms with Crippen LogP contribution >= 0.6 is 11.6 Å². The number of nitrogens with zero attached hydrogens (tertiary/aromatic N) is 2. The van der Waals surface area contributed by atoms with Gasteiger partial charge in [-0.3, -0.25) is 14.9 Å². The fourth-order valence-corrected chi connectivity index (χ4v) is 1.75. The molecular weight excluding hydrogens is 291 g/mol. The van der Waals surface area contributed by atoms with E-state index in [1.807, 2.05) is 4.98 Å². The van der Waals surface area contributed by atoms with Crippen LogP contribution < -0.4 is 5.56 Å². The van der Waals surface area contributed by atoms with E-state index >= 15 is 0 Å². The Bertz CT molecular complexity index is 741. The van der Waals surface area contributed by atoms with Gasteiger partial charge in [-0.1, -0.05) is 11.6 Å². The number of hydrogen-bond donors (Lipinski definition) is 1. The van der Waals surface area contributed by atoms with E-state index < -0.39 is 38.7 Å². The van der Waals surface area contributed by atoms with Gasteiger partial charge in [0.25, 0.3) is 0 Å². The molecule has 2 heterocycles. The molecule has 0 unspecified atom stereocenters. The summed E-state index contributed by atoms with van der Waals surface area (Å²) < 4.78 is 37.3. The average Bonchev–Trinajstić information content (AvgIpc) is 2.26. The fourth-order valence-electron chi connectivity index (χ4n) is 1.45. The molecule has 0 aromatic carbocycles. The van der Waals surface area contributed by atoms with E-state index in [9.17, 15) is 28.1 Å². The van der Waals surface area contributed by atoms with Crippen LogP contribution in [-0.4, -0.2) is 14.9 Å². The number of rotatable bonds is 1. The first-order valence-electron chi connectivity index (χ1n) is 4.66. The Morgan fingerprint density at radius 3 is 2.53 bits per heavy atom. The van der Waals surface area contributed by atoms with Gasteiger partial charge in [-0.25, -0.2) is 4.98 Å². The summed E-state index contributed by atoms with van der Waals surface area (Å²) in [7, 11) is 0. The van der Waals surface area contributed by atoms with Gasteiger partial charge >= 0.3 is 17.4 Å². The maximum absolute atomic E-state index is 12.4. The molecule has 0 aliphatic carbocycles. The normalized spacial score (nSPS) is 11.8. The maximum atomic E-state index is 12.4. The van der Waals surface area contributed by atoms with Gasteiger partial charge in [-0.2, -0.15) is 13.2 Å². The lowest BCUT2D eigenvalue weighted by Crippen LogP contribution is -2.14. The second-order valence-corrected chi connectivity index (χ2v) is 3.84. The molecule has 2 aromatic heterocycles. The number of aromatic nitrogens is 2. The third-order valence-electron chi connectivity index (χ3n) is 2.26. The van der Waals surface area contributed by atoms with Crippen molar-refractivity contribution >= 4 is 28.3 Å². The molecule has 0 amide bonds. The molecule has 0 aliphatic rings. The first kappa shape index (κ1) is 13.3. The van der Waals surface area contributed by atoms with Crippen molar-refractivity contribution in [1.29, 1.82) is 0 Å². The van der Waals surface area contributed by atoms with Crippen LogP contribution in [0.25, 0.3) is 11.0 Å². The molecule has 2 aromatic rings. The quantitative estimate of drug-likeness (QED) is 0.646. The third kappa shape index (κ3) is 2.24. The minimum Gasteiger partial charge on any atom is -0.301 e. The zero-order chi connectivity index (χ0) is 14.4. The van der Waals surface area contributed by atoms with Gasteiger partial charge in [0.05, 0.1) is 4.92 Å². The Balaban J connectivity index is 2.82. The molecule has 19 heavy (non-hydrogen) atoms. The number of aromatic amines is 1. The number of hydrogen-bond acceptors (Lipinski definition) is 4. The standard InChI is InChI=1S/C9H3ClF3N3O3/c10-5-3-1-2-4(9(11,12)13)14-7(3)15-8(17)6(5)16(18)19/h1-2H,(H,14,15,17). The van der Waals surface area contributed by atoms with Crippen LogP contribution in [-0.2, 0) is 6.18 Å². The molecule has 1 N–H and O–H groups in total. The lowest BCUT2D eigenvalue weighted by atomic mass is 10.2. The van der Waals surface area contributed by atoms with E-state index in [0.717, 1.165) is 6.07 Å². The van der Waals surface area contributed by atoms with Crippen molar-refractivity contribution in [1.82, 2.24) is 9.97 Å². The van der Waals surface area contributed by atoms with Crippen LogP contribution in [0.4, 0.5) is 18.9 Å². The summed E-state index contributed by atoms with van der Waals surface area (Å²) in [5.74, 6) is 0. The fraction of sp³-hybridized carbons (Fsp3) is 0.111.